The third-order valence-corrected chi connectivity index (χ3v) is 3.63. The number of hydrogen-bond acceptors (Lipinski definition) is 3. The second kappa shape index (κ2) is 9.70. The van der Waals surface area contributed by atoms with E-state index in [-0.39, 0.29) is 17.7 Å². The van der Waals surface area contributed by atoms with Gasteiger partial charge in [-0.15, -0.1) is 0 Å². The van der Waals surface area contributed by atoms with Crippen molar-refractivity contribution in [3.8, 4) is 0 Å². The molecular weight excluding hydrogens is 306 g/mol. The van der Waals surface area contributed by atoms with E-state index in [9.17, 15) is 14.4 Å². The van der Waals surface area contributed by atoms with Crippen LogP contribution in [0.25, 0.3) is 0 Å². The van der Waals surface area contributed by atoms with Gasteiger partial charge < -0.3 is 16.4 Å². The molecule has 1 aromatic rings. The monoisotopic (exact) mass is 333 g/mol. The molecule has 6 heteroatoms. The summed E-state index contributed by atoms with van der Waals surface area (Å²) in [6.45, 7) is 5.29. The van der Waals surface area contributed by atoms with Gasteiger partial charge in [-0.05, 0) is 30.7 Å². The van der Waals surface area contributed by atoms with Gasteiger partial charge in [0.2, 0.25) is 17.7 Å². The van der Waals surface area contributed by atoms with Gasteiger partial charge in [0.25, 0.3) is 0 Å². The zero-order valence-electron chi connectivity index (χ0n) is 14.5. The van der Waals surface area contributed by atoms with Crippen LogP contribution in [0.1, 0.15) is 39.2 Å². The summed E-state index contributed by atoms with van der Waals surface area (Å²) in [7, 11) is 0. The Bertz CT molecular complexity index is 558. The third-order valence-electron chi connectivity index (χ3n) is 3.63. The number of rotatable bonds is 9. The maximum atomic E-state index is 12.4. The van der Waals surface area contributed by atoms with Gasteiger partial charge in [-0.25, -0.2) is 0 Å². The molecule has 0 fully saturated rings. The molecule has 6 nitrogen and oxygen atoms in total. The Morgan fingerprint density at radius 1 is 1.04 bits per heavy atom. The maximum absolute atomic E-state index is 12.4. The normalized spacial score (nSPS) is 13.2. The number of primary amides is 1. The van der Waals surface area contributed by atoms with E-state index in [0.717, 1.165) is 5.56 Å². The van der Waals surface area contributed by atoms with Crippen molar-refractivity contribution in [2.24, 2.45) is 11.7 Å². The molecule has 0 heterocycles. The molecule has 0 bridgehead atoms. The molecular formula is C18H27N3O3. The minimum absolute atomic E-state index is 0.226. The Morgan fingerprint density at radius 2 is 1.67 bits per heavy atom. The van der Waals surface area contributed by atoms with Gasteiger partial charge in [0.15, 0.2) is 0 Å². The first-order valence-corrected chi connectivity index (χ1v) is 8.20. The molecule has 132 valence electrons. The fourth-order valence-electron chi connectivity index (χ4n) is 2.46. The smallest absolute Gasteiger partial charge is 0.243 e. The fraction of sp³-hybridized carbons (Fsp3) is 0.500. The molecule has 3 amide bonds. The highest BCUT2D eigenvalue weighted by atomic mass is 16.2. The number of carbonyl (C=O) groups excluding carboxylic acids is 3. The summed E-state index contributed by atoms with van der Waals surface area (Å²) in [6, 6.07) is 8.24. The highest BCUT2D eigenvalue weighted by Gasteiger charge is 2.25. The number of carbonyl (C=O) groups is 3. The summed E-state index contributed by atoms with van der Waals surface area (Å²) >= 11 is 0. The summed E-state index contributed by atoms with van der Waals surface area (Å²) in [6.07, 6.45) is 1.54. The molecule has 0 spiro atoms. The third kappa shape index (κ3) is 7.26. The molecule has 0 radical (unpaired) electrons. The van der Waals surface area contributed by atoms with Gasteiger partial charge in [0.05, 0.1) is 0 Å². The van der Waals surface area contributed by atoms with Crippen LogP contribution < -0.4 is 16.4 Å². The van der Waals surface area contributed by atoms with Crippen LogP contribution in [0.5, 0.6) is 0 Å². The van der Waals surface area contributed by atoms with Crippen molar-refractivity contribution in [3.05, 3.63) is 35.9 Å². The van der Waals surface area contributed by atoms with Crippen molar-refractivity contribution >= 4 is 17.7 Å². The summed E-state index contributed by atoms with van der Waals surface area (Å²) in [5.41, 5.74) is 6.48. The van der Waals surface area contributed by atoms with E-state index >= 15 is 0 Å². The minimum atomic E-state index is -0.763. The molecule has 0 saturated carbocycles. The lowest BCUT2D eigenvalue weighted by molar-refractivity contribution is -0.131. The van der Waals surface area contributed by atoms with Gasteiger partial charge in [-0.1, -0.05) is 44.2 Å². The summed E-state index contributed by atoms with van der Waals surface area (Å²) < 4.78 is 0. The Balaban J connectivity index is 2.68. The Hall–Kier alpha value is -2.37. The van der Waals surface area contributed by atoms with Crippen LogP contribution in [0.4, 0.5) is 0 Å². The van der Waals surface area contributed by atoms with E-state index in [2.05, 4.69) is 10.6 Å². The quantitative estimate of drug-likeness (QED) is 0.631. The van der Waals surface area contributed by atoms with Gasteiger partial charge in [0, 0.05) is 6.92 Å². The summed E-state index contributed by atoms with van der Waals surface area (Å²) in [4.78, 5) is 35.3. The van der Waals surface area contributed by atoms with Crippen molar-refractivity contribution in [2.75, 3.05) is 0 Å². The van der Waals surface area contributed by atoms with Gasteiger partial charge >= 0.3 is 0 Å². The Kier molecular flexibility index (Phi) is 7.95. The molecule has 24 heavy (non-hydrogen) atoms. The number of nitrogens with two attached hydrogens (primary N) is 1. The molecule has 4 N–H and O–H groups in total. The van der Waals surface area contributed by atoms with Gasteiger partial charge in [-0.2, -0.15) is 0 Å². The lowest BCUT2D eigenvalue weighted by Gasteiger charge is -2.22. The number of benzene rings is 1. The van der Waals surface area contributed by atoms with E-state index in [1.807, 2.05) is 44.2 Å². The Labute approximate surface area is 143 Å². The topological polar surface area (TPSA) is 101 Å². The fourth-order valence-corrected chi connectivity index (χ4v) is 2.46. The van der Waals surface area contributed by atoms with Crippen molar-refractivity contribution in [2.45, 2.75) is 52.1 Å². The molecule has 1 rings (SSSR count). The van der Waals surface area contributed by atoms with Crippen molar-refractivity contribution in [3.63, 3.8) is 0 Å². The van der Waals surface area contributed by atoms with E-state index in [1.54, 1.807) is 0 Å². The lowest BCUT2D eigenvalue weighted by atomic mass is 10.0. The standard InChI is InChI=1S/C18H27N3O3/c1-12(2)11-16(20-13(3)22)18(24)21-15(17(19)23)10-9-14-7-5-4-6-8-14/h4-8,12,15-16H,9-11H2,1-3H3,(H2,19,23)(H,20,22)(H,21,24)/t15-,16+/m1/s1. The van der Waals surface area contributed by atoms with E-state index in [4.69, 9.17) is 5.73 Å². The van der Waals surface area contributed by atoms with Crippen LogP contribution in [0, 0.1) is 5.92 Å². The van der Waals surface area contributed by atoms with Crippen LogP contribution in [0.3, 0.4) is 0 Å². The first-order valence-electron chi connectivity index (χ1n) is 8.20. The van der Waals surface area contributed by atoms with Gasteiger partial charge in [0.1, 0.15) is 12.1 Å². The van der Waals surface area contributed by atoms with Crippen molar-refractivity contribution in [1.82, 2.24) is 10.6 Å². The van der Waals surface area contributed by atoms with E-state index in [0.29, 0.717) is 19.3 Å². The molecule has 0 aromatic heterocycles. The predicted molar refractivity (Wildman–Crippen MR) is 92.9 cm³/mol. The van der Waals surface area contributed by atoms with E-state index < -0.39 is 18.0 Å². The lowest BCUT2D eigenvalue weighted by Crippen LogP contribution is -2.53. The number of nitrogens with one attached hydrogen (secondary N) is 2. The highest BCUT2D eigenvalue weighted by molar-refractivity contribution is 5.91. The first-order chi connectivity index (χ1) is 11.3. The highest BCUT2D eigenvalue weighted by Crippen LogP contribution is 2.08. The molecule has 0 saturated heterocycles. The van der Waals surface area contributed by atoms with Crippen LogP contribution >= 0.6 is 0 Å². The van der Waals surface area contributed by atoms with Gasteiger partial charge in [-0.3, -0.25) is 14.4 Å². The second-order valence-electron chi connectivity index (χ2n) is 6.37. The molecule has 2 atom stereocenters. The second-order valence-corrected chi connectivity index (χ2v) is 6.37. The Morgan fingerprint density at radius 3 is 2.17 bits per heavy atom. The number of amides is 3. The molecule has 0 aliphatic carbocycles. The average molecular weight is 333 g/mol. The zero-order chi connectivity index (χ0) is 18.1. The van der Waals surface area contributed by atoms with Crippen LogP contribution in [0.15, 0.2) is 30.3 Å². The molecule has 0 aliphatic rings. The SMILES string of the molecule is CC(=O)N[C@@H](CC(C)C)C(=O)N[C@H](CCc1ccccc1)C(N)=O. The zero-order valence-corrected chi connectivity index (χ0v) is 14.5. The molecule has 1 aromatic carbocycles. The van der Waals surface area contributed by atoms with Crippen LogP contribution in [-0.4, -0.2) is 29.8 Å². The average Bonchev–Trinajstić information content (AvgIpc) is 2.50. The number of aryl methyl sites for hydroxylation is 1. The number of hydrogen-bond donors (Lipinski definition) is 3. The van der Waals surface area contributed by atoms with Crippen LogP contribution in [-0.2, 0) is 20.8 Å². The largest absolute Gasteiger partial charge is 0.368 e. The molecule has 0 aliphatic heterocycles. The van der Waals surface area contributed by atoms with E-state index in [1.165, 1.54) is 6.92 Å². The summed E-state index contributed by atoms with van der Waals surface area (Å²) in [5.74, 6) is -1.01. The predicted octanol–water partition coefficient (Wildman–Crippen LogP) is 1.14. The van der Waals surface area contributed by atoms with Crippen LogP contribution in [0.2, 0.25) is 0 Å². The van der Waals surface area contributed by atoms with Crippen molar-refractivity contribution in [1.29, 1.82) is 0 Å². The van der Waals surface area contributed by atoms with Crippen molar-refractivity contribution < 1.29 is 14.4 Å². The molecule has 0 unspecified atom stereocenters. The first kappa shape index (κ1) is 19.7. The minimum Gasteiger partial charge on any atom is -0.368 e. The summed E-state index contributed by atoms with van der Waals surface area (Å²) in [5, 5.41) is 5.30. The maximum Gasteiger partial charge on any atom is 0.243 e.